The maximum atomic E-state index is 14.9. The first-order chi connectivity index (χ1) is 16.5. The first-order valence-electron chi connectivity index (χ1n) is 10.1. The molecule has 1 atom stereocenters. The fraction of sp³-hybridized carbons (Fsp3) is 0.130. The Bertz CT molecular complexity index is 1550. The van der Waals surface area contributed by atoms with Crippen LogP contribution >= 0.6 is 19.2 Å². The Morgan fingerprint density at radius 3 is 2.51 bits per heavy atom. The van der Waals surface area contributed by atoms with Gasteiger partial charge in [-0.1, -0.05) is 11.6 Å². The molecule has 0 aliphatic heterocycles. The summed E-state index contributed by atoms with van der Waals surface area (Å²) in [6.45, 7) is 3.28. The van der Waals surface area contributed by atoms with Crippen molar-refractivity contribution in [3.05, 3.63) is 76.1 Å². The zero-order chi connectivity index (χ0) is 25.5. The van der Waals surface area contributed by atoms with Crippen molar-refractivity contribution in [2.24, 2.45) is 0 Å². The minimum atomic E-state index is -5.07. The Kier molecular flexibility index (Phi) is 6.54. The van der Waals surface area contributed by atoms with Crippen molar-refractivity contribution in [2.45, 2.75) is 19.9 Å². The van der Waals surface area contributed by atoms with Gasteiger partial charge in [-0.15, -0.1) is 0 Å². The number of aromatic nitrogens is 3. The van der Waals surface area contributed by atoms with Crippen LogP contribution in [0.5, 0.6) is 0 Å². The van der Waals surface area contributed by atoms with E-state index < -0.39 is 30.7 Å². The number of nitriles is 1. The zero-order valence-electron chi connectivity index (χ0n) is 18.2. The average molecular weight is 514 g/mol. The predicted octanol–water partition coefficient (Wildman–Crippen LogP) is 3.52. The summed E-state index contributed by atoms with van der Waals surface area (Å²) in [5.74, 6) is -1.30. The smallest absolute Gasteiger partial charge is 0.151 e. The maximum Gasteiger partial charge on any atom is 0.151 e. The molecule has 0 unspecified atom stereocenters. The zero-order valence-corrected chi connectivity index (χ0v) is 19.9. The third-order valence-corrected chi connectivity index (χ3v) is 6.56. The molecule has 0 amide bonds. The Balaban J connectivity index is 1.84. The fourth-order valence-electron chi connectivity index (χ4n) is 3.52. The van der Waals surface area contributed by atoms with Crippen LogP contribution in [0.4, 0.5) is 14.5 Å². The number of benzene rings is 1. The number of hydrogen-bond donors (Lipinski definition) is 1. The molecule has 178 valence electrons. The third-order valence-electron chi connectivity index (χ3n) is 5.27. The van der Waals surface area contributed by atoms with E-state index in [1.807, 2.05) is 6.07 Å². The second-order valence-electron chi connectivity index (χ2n) is 7.69. The van der Waals surface area contributed by atoms with Crippen molar-refractivity contribution in [2.75, 3.05) is 5.32 Å². The number of hydrogen-bond acceptors (Lipinski definition) is 8. The molecule has 0 spiro atoms. The quantitative estimate of drug-likeness (QED) is 0.400. The summed E-state index contributed by atoms with van der Waals surface area (Å²) in [4.78, 5) is 34.5. The van der Waals surface area contributed by atoms with Crippen molar-refractivity contribution in [1.29, 1.82) is 5.26 Å². The van der Waals surface area contributed by atoms with E-state index in [0.29, 0.717) is 5.69 Å². The lowest BCUT2D eigenvalue weighted by molar-refractivity contribution is -0.308. The lowest BCUT2D eigenvalue weighted by atomic mass is 10.0. The molecule has 0 aliphatic carbocycles. The number of anilines is 1. The largest absolute Gasteiger partial charge is 0.806 e. The van der Waals surface area contributed by atoms with Crippen LogP contribution in [-0.2, 0) is 4.57 Å². The average Bonchev–Trinajstić information content (AvgIpc) is 2.81. The summed E-state index contributed by atoms with van der Waals surface area (Å²) in [6.07, 6.45) is 1.02. The number of rotatable bonds is 5. The van der Waals surface area contributed by atoms with Crippen molar-refractivity contribution in [3.63, 3.8) is 0 Å². The highest BCUT2D eigenvalue weighted by molar-refractivity contribution is 7.57. The van der Waals surface area contributed by atoms with Gasteiger partial charge in [0.1, 0.15) is 17.0 Å². The summed E-state index contributed by atoms with van der Waals surface area (Å²) in [6, 6.07) is 8.57. The fourth-order valence-corrected chi connectivity index (χ4v) is 4.17. The van der Waals surface area contributed by atoms with Gasteiger partial charge in [0.05, 0.1) is 45.0 Å². The van der Waals surface area contributed by atoms with Crippen LogP contribution in [0.3, 0.4) is 0 Å². The van der Waals surface area contributed by atoms with E-state index in [4.69, 9.17) is 16.9 Å². The molecule has 0 saturated carbocycles. The minimum Gasteiger partial charge on any atom is -0.806 e. The predicted molar refractivity (Wildman–Crippen MR) is 123 cm³/mol. The Morgan fingerprint density at radius 2 is 1.89 bits per heavy atom. The summed E-state index contributed by atoms with van der Waals surface area (Å²) in [5, 5.41) is 12.4. The van der Waals surface area contributed by atoms with Crippen molar-refractivity contribution >= 4 is 41.4 Å². The summed E-state index contributed by atoms with van der Waals surface area (Å²) < 4.78 is 40.6. The molecule has 0 saturated heterocycles. The van der Waals surface area contributed by atoms with E-state index in [9.17, 15) is 23.1 Å². The minimum absolute atomic E-state index is 0.116. The van der Waals surface area contributed by atoms with Crippen LogP contribution in [0.15, 0.2) is 42.6 Å². The molecule has 0 radical (unpaired) electrons. The van der Waals surface area contributed by atoms with Crippen LogP contribution in [0.1, 0.15) is 29.8 Å². The molecule has 1 aromatic carbocycles. The normalized spacial score (nSPS) is 12.4. The van der Waals surface area contributed by atoms with Gasteiger partial charge in [0.25, 0.3) is 0 Å². The van der Waals surface area contributed by atoms with Crippen LogP contribution < -0.4 is 20.5 Å². The monoisotopic (exact) mass is 513 g/mol. The molecule has 0 bridgehead atoms. The Labute approximate surface area is 203 Å². The highest BCUT2D eigenvalue weighted by atomic mass is 35.5. The molecule has 1 N–H and O–H groups in total. The van der Waals surface area contributed by atoms with Gasteiger partial charge in [0.15, 0.2) is 5.82 Å². The molecule has 3 heterocycles. The first-order valence-corrected chi connectivity index (χ1v) is 12.0. The number of nitrogens with one attached hydrogen (secondary N) is 1. The lowest BCUT2D eigenvalue weighted by Crippen LogP contribution is -2.26. The number of pyridine rings is 3. The van der Waals surface area contributed by atoms with Crippen molar-refractivity contribution in [3.8, 4) is 17.3 Å². The summed E-state index contributed by atoms with van der Waals surface area (Å²) >= 11 is 6.49. The van der Waals surface area contributed by atoms with E-state index in [0.717, 1.165) is 18.3 Å². The lowest BCUT2D eigenvalue weighted by Gasteiger charge is -2.28. The SMILES string of the molecule is Cc1nc2cc(F)c(-c3ccc(P(=O)([O-])[O-])nc3)nc2c(N[C@H](C)c2cc(C#N)ccc2F)c1Cl. The van der Waals surface area contributed by atoms with Gasteiger partial charge in [0, 0.05) is 23.4 Å². The van der Waals surface area contributed by atoms with Crippen LogP contribution in [-0.4, -0.2) is 15.0 Å². The standard InChI is InChI=1S/C23H17ClF2N5O3P/c1-11(15-7-13(9-27)3-5-16(15)25)30-23-20(24)12(2)29-18-8-17(26)21(31-22(18)23)14-4-6-19(28-10-14)35(32,33)34/h3-8,10-11H,1-2H3,(H,29,30)(H2,32,33,34)/p-2/t11-/m1/s1. The molecule has 0 aliphatic rings. The highest BCUT2D eigenvalue weighted by Gasteiger charge is 2.20. The molecule has 0 fully saturated rings. The first kappa shape index (κ1) is 24.6. The molecule has 3 aromatic heterocycles. The van der Waals surface area contributed by atoms with Crippen molar-refractivity contribution < 1.29 is 23.1 Å². The second kappa shape index (κ2) is 9.29. The molecule has 4 aromatic rings. The topological polar surface area (TPSA) is 138 Å². The van der Waals surface area contributed by atoms with Gasteiger partial charge in [-0.3, -0.25) is 4.98 Å². The van der Waals surface area contributed by atoms with Gasteiger partial charge in [-0.2, -0.15) is 5.26 Å². The van der Waals surface area contributed by atoms with Gasteiger partial charge >= 0.3 is 0 Å². The van der Waals surface area contributed by atoms with Crippen molar-refractivity contribution in [1.82, 2.24) is 15.0 Å². The van der Waals surface area contributed by atoms with E-state index in [1.54, 1.807) is 13.8 Å². The van der Waals surface area contributed by atoms with Gasteiger partial charge in [0.2, 0.25) is 0 Å². The van der Waals surface area contributed by atoms with Gasteiger partial charge in [-0.25, -0.2) is 18.7 Å². The summed E-state index contributed by atoms with van der Waals surface area (Å²) in [7, 11) is -5.07. The molecular weight excluding hydrogens is 499 g/mol. The van der Waals surface area contributed by atoms with E-state index in [2.05, 4.69) is 20.3 Å². The molecule has 8 nitrogen and oxygen atoms in total. The third kappa shape index (κ3) is 4.85. The number of fused-ring (bicyclic) bond motifs is 1. The van der Waals surface area contributed by atoms with Crippen LogP contribution in [0.25, 0.3) is 22.3 Å². The molecule has 12 heteroatoms. The van der Waals surface area contributed by atoms with Crippen LogP contribution in [0.2, 0.25) is 5.02 Å². The Morgan fingerprint density at radius 1 is 1.14 bits per heavy atom. The molecule has 35 heavy (non-hydrogen) atoms. The summed E-state index contributed by atoms with van der Waals surface area (Å²) in [5.41, 5.74) is 0.717. The van der Waals surface area contributed by atoms with E-state index in [1.165, 1.54) is 24.3 Å². The molecule has 4 rings (SSSR count). The van der Waals surface area contributed by atoms with E-state index >= 15 is 0 Å². The number of aryl methyl sites for hydroxylation is 1. The van der Waals surface area contributed by atoms with Crippen LogP contribution in [0, 0.1) is 29.9 Å². The second-order valence-corrected chi connectivity index (χ2v) is 9.52. The highest BCUT2D eigenvalue weighted by Crippen LogP contribution is 2.36. The van der Waals surface area contributed by atoms with Gasteiger partial charge < -0.3 is 19.7 Å². The maximum absolute atomic E-state index is 14.9. The Hall–Kier alpha value is -3.48. The number of halogens is 3. The van der Waals surface area contributed by atoms with Gasteiger partial charge in [-0.05, 0) is 51.8 Å². The van der Waals surface area contributed by atoms with E-state index in [-0.39, 0.29) is 44.1 Å². The number of nitrogens with zero attached hydrogens (tertiary/aromatic N) is 4. The molecular formula is C23H15ClF2N5O3P-2.